The number of aryl methyl sites for hydroxylation is 3. The van der Waals surface area contributed by atoms with Gasteiger partial charge in [-0.25, -0.2) is 12.8 Å². The fourth-order valence-corrected chi connectivity index (χ4v) is 5.29. The SMILES string of the molecule is CCS(=O)(=O)CCOc1cc(C)c(-c2cccc(CNc3ccc(CCC(=O)OS(C)(=O)=O)c(F)c3)c2)c(C)c1. The highest BCUT2D eigenvalue weighted by Gasteiger charge is 2.14. The second-order valence-electron chi connectivity index (χ2n) is 9.54. The molecule has 0 bridgehead atoms. The fraction of sp³-hybridized carbons (Fsp3) is 0.345. The van der Waals surface area contributed by atoms with Gasteiger partial charge in [0.25, 0.3) is 0 Å². The molecule has 0 aliphatic carbocycles. The second kappa shape index (κ2) is 13.3. The number of anilines is 1. The fourth-order valence-electron chi connectivity index (χ4n) is 4.24. The average Bonchev–Trinajstić information content (AvgIpc) is 2.86. The molecular weight excluding hydrogens is 557 g/mol. The molecule has 8 nitrogen and oxygen atoms in total. The number of nitrogens with one attached hydrogen (secondary N) is 1. The first-order valence-electron chi connectivity index (χ1n) is 12.7. The van der Waals surface area contributed by atoms with Crippen molar-refractivity contribution in [1.82, 2.24) is 0 Å². The van der Waals surface area contributed by atoms with Gasteiger partial charge >= 0.3 is 16.1 Å². The minimum Gasteiger partial charge on any atom is -0.493 e. The molecule has 0 atom stereocenters. The van der Waals surface area contributed by atoms with E-state index in [1.54, 1.807) is 19.1 Å². The average molecular weight is 592 g/mol. The van der Waals surface area contributed by atoms with Gasteiger partial charge < -0.3 is 14.2 Å². The summed E-state index contributed by atoms with van der Waals surface area (Å²) in [5, 5.41) is 3.20. The largest absolute Gasteiger partial charge is 0.493 e. The Morgan fingerprint density at radius 3 is 2.30 bits per heavy atom. The van der Waals surface area contributed by atoms with E-state index in [-0.39, 0.29) is 36.5 Å². The van der Waals surface area contributed by atoms with Crippen molar-refractivity contribution in [3.8, 4) is 16.9 Å². The molecular formula is C29H34FNO7S2. The Labute approximate surface area is 235 Å². The zero-order chi connectivity index (χ0) is 29.5. The normalized spacial score (nSPS) is 11.7. The minimum absolute atomic E-state index is 0.0168. The van der Waals surface area contributed by atoms with Crippen molar-refractivity contribution in [2.75, 3.05) is 29.7 Å². The monoisotopic (exact) mass is 591 g/mol. The van der Waals surface area contributed by atoms with Crippen molar-refractivity contribution in [1.29, 1.82) is 0 Å². The lowest BCUT2D eigenvalue weighted by Crippen LogP contribution is -2.15. The molecule has 0 amide bonds. The number of hydrogen-bond donors (Lipinski definition) is 1. The first-order valence-corrected chi connectivity index (χ1v) is 16.4. The van der Waals surface area contributed by atoms with Crippen LogP contribution in [0.3, 0.4) is 0 Å². The highest BCUT2D eigenvalue weighted by Crippen LogP contribution is 2.32. The van der Waals surface area contributed by atoms with Gasteiger partial charge in [0.05, 0.1) is 18.4 Å². The number of hydrogen-bond acceptors (Lipinski definition) is 8. The molecule has 0 heterocycles. The number of carbonyl (C=O) groups is 1. The van der Waals surface area contributed by atoms with Crippen molar-refractivity contribution in [2.24, 2.45) is 0 Å². The molecule has 3 aromatic carbocycles. The van der Waals surface area contributed by atoms with Crippen molar-refractivity contribution in [2.45, 2.75) is 40.2 Å². The lowest BCUT2D eigenvalue weighted by Gasteiger charge is -2.15. The number of sulfone groups is 1. The Kier molecular flexibility index (Phi) is 10.3. The Hall–Kier alpha value is -3.44. The summed E-state index contributed by atoms with van der Waals surface area (Å²) in [5.41, 5.74) is 5.88. The van der Waals surface area contributed by atoms with Gasteiger partial charge in [0.2, 0.25) is 0 Å². The first kappa shape index (κ1) is 31.1. The van der Waals surface area contributed by atoms with E-state index >= 15 is 0 Å². The number of carbonyl (C=O) groups excluding carboxylic acids is 1. The van der Waals surface area contributed by atoms with Crippen LogP contribution in [0.15, 0.2) is 54.6 Å². The number of rotatable bonds is 13. The molecule has 0 fully saturated rings. The molecule has 0 aromatic heterocycles. The quantitative estimate of drug-likeness (QED) is 0.277. The van der Waals surface area contributed by atoms with Gasteiger partial charge in [0.1, 0.15) is 18.2 Å². The summed E-state index contributed by atoms with van der Waals surface area (Å²) in [5.74, 6) is -0.747. The molecule has 0 radical (unpaired) electrons. The summed E-state index contributed by atoms with van der Waals surface area (Å²) in [4.78, 5) is 11.6. The van der Waals surface area contributed by atoms with Crippen LogP contribution in [-0.2, 0) is 41.9 Å². The molecule has 0 saturated heterocycles. The van der Waals surface area contributed by atoms with Crippen molar-refractivity contribution in [3.05, 3.63) is 82.7 Å². The van der Waals surface area contributed by atoms with E-state index in [0.717, 1.165) is 34.1 Å². The predicted molar refractivity (Wildman–Crippen MR) is 154 cm³/mol. The molecule has 0 aliphatic heterocycles. The van der Waals surface area contributed by atoms with Crippen LogP contribution in [0.1, 0.15) is 35.6 Å². The highest BCUT2D eigenvalue weighted by atomic mass is 32.2. The zero-order valence-electron chi connectivity index (χ0n) is 23.0. The van der Waals surface area contributed by atoms with E-state index in [1.807, 2.05) is 44.2 Å². The third-order valence-electron chi connectivity index (χ3n) is 6.22. The zero-order valence-corrected chi connectivity index (χ0v) is 24.6. The van der Waals surface area contributed by atoms with Gasteiger partial charge in [-0.3, -0.25) is 4.79 Å². The van der Waals surface area contributed by atoms with Crippen LogP contribution < -0.4 is 10.1 Å². The first-order chi connectivity index (χ1) is 18.8. The Morgan fingerprint density at radius 1 is 0.975 bits per heavy atom. The van der Waals surface area contributed by atoms with E-state index in [9.17, 15) is 26.0 Å². The predicted octanol–water partition coefficient (Wildman–Crippen LogP) is 4.97. The molecule has 0 spiro atoms. The maximum absolute atomic E-state index is 14.6. The summed E-state index contributed by atoms with van der Waals surface area (Å²) in [6.07, 6.45) is 0.543. The number of ether oxygens (including phenoxy) is 1. The second-order valence-corrected chi connectivity index (χ2v) is 13.6. The van der Waals surface area contributed by atoms with Crippen molar-refractivity contribution < 1.29 is 34.9 Å². The Morgan fingerprint density at radius 2 is 1.68 bits per heavy atom. The molecule has 3 aromatic rings. The maximum Gasteiger partial charge on any atom is 0.322 e. The van der Waals surface area contributed by atoms with Gasteiger partial charge in [-0.2, -0.15) is 8.42 Å². The summed E-state index contributed by atoms with van der Waals surface area (Å²) >= 11 is 0. The smallest absolute Gasteiger partial charge is 0.322 e. The third-order valence-corrected chi connectivity index (χ3v) is 8.37. The van der Waals surface area contributed by atoms with E-state index in [4.69, 9.17) is 4.74 Å². The van der Waals surface area contributed by atoms with Crippen LogP contribution in [-0.4, -0.2) is 47.2 Å². The van der Waals surface area contributed by atoms with Gasteiger partial charge in [-0.15, -0.1) is 0 Å². The van der Waals surface area contributed by atoms with E-state index in [1.165, 1.54) is 6.07 Å². The highest BCUT2D eigenvalue weighted by molar-refractivity contribution is 7.91. The van der Waals surface area contributed by atoms with Gasteiger partial charge in [-0.05, 0) is 84.0 Å². The standard InChI is InChI=1S/C29H34FNO7S2/c1-5-40(35,36)14-13-37-26-15-20(2)29(21(3)16-26)24-8-6-7-22(17-24)19-31-25-11-9-23(27(30)18-25)10-12-28(32)38-39(4,33)34/h6-9,11,15-18,31H,5,10,12-14,19H2,1-4H3. The third kappa shape index (κ3) is 9.34. The molecule has 11 heteroatoms. The van der Waals surface area contributed by atoms with Gasteiger partial charge in [0, 0.05) is 18.0 Å². The van der Waals surface area contributed by atoms with Crippen LogP contribution >= 0.6 is 0 Å². The molecule has 216 valence electrons. The van der Waals surface area contributed by atoms with Gasteiger partial charge in [0.15, 0.2) is 9.84 Å². The van der Waals surface area contributed by atoms with Crippen LogP contribution in [0.2, 0.25) is 0 Å². The molecule has 0 unspecified atom stereocenters. The van der Waals surface area contributed by atoms with E-state index < -0.39 is 31.7 Å². The molecule has 0 aliphatic rings. The summed E-state index contributed by atoms with van der Waals surface area (Å²) in [6, 6.07) is 16.4. The topological polar surface area (TPSA) is 116 Å². The lowest BCUT2D eigenvalue weighted by atomic mass is 9.94. The minimum atomic E-state index is -3.89. The van der Waals surface area contributed by atoms with Gasteiger partial charge in [-0.1, -0.05) is 31.2 Å². The Balaban J connectivity index is 1.64. The summed E-state index contributed by atoms with van der Waals surface area (Å²) in [6.45, 7) is 6.12. The van der Waals surface area contributed by atoms with Crippen molar-refractivity contribution >= 4 is 31.6 Å². The maximum atomic E-state index is 14.6. The summed E-state index contributed by atoms with van der Waals surface area (Å²) < 4.78 is 70.0. The van der Waals surface area contributed by atoms with Crippen molar-refractivity contribution in [3.63, 3.8) is 0 Å². The number of halogens is 1. The Bertz CT molecular complexity index is 1560. The lowest BCUT2D eigenvalue weighted by molar-refractivity contribution is -0.133. The molecule has 40 heavy (non-hydrogen) atoms. The molecule has 3 rings (SSSR count). The summed E-state index contributed by atoms with van der Waals surface area (Å²) in [7, 11) is -6.99. The molecule has 1 N–H and O–H groups in total. The van der Waals surface area contributed by atoms with Crippen LogP contribution in [0.25, 0.3) is 11.1 Å². The van der Waals surface area contributed by atoms with E-state index in [0.29, 0.717) is 18.0 Å². The van der Waals surface area contributed by atoms with Crippen LogP contribution in [0.5, 0.6) is 5.75 Å². The van der Waals surface area contributed by atoms with E-state index in [2.05, 4.69) is 15.6 Å². The number of benzene rings is 3. The van der Waals surface area contributed by atoms with Crippen LogP contribution in [0.4, 0.5) is 10.1 Å². The van der Waals surface area contributed by atoms with Crippen LogP contribution in [0, 0.1) is 19.7 Å². The molecule has 0 saturated carbocycles.